The highest BCUT2D eigenvalue weighted by Gasteiger charge is 2.30. The number of amides is 1. The minimum absolute atomic E-state index is 0.0316. The summed E-state index contributed by atoms with van der Waals surface area (Å²) < 4.78 is 10.9. The van der Waals surface area contributed by atoms with Gasteiger partial charge in [-0.3, -0.25) is 9.59 Å². The topological polar surface area (TPSA) is 72.6 Å². The lowest BCUT2D eigenvalue weighted by atomic mass is 9.98. The normalized spacial score (nSPS) is 17.0. The van der Waals surface area contributed by atoms with E-state index in [-0.39, 0.29) is 24.2 Å². The quantitative estimate of drug-likeness (QED) is 0.755. The summed E-state index contributed by atoms with van der Waals surface area (Å²) in [5.74, 6) is 0.700. The maximum Gasteiger partial charge on any atom is 0.310 e. The molecule has 1 unspecified atom stereocenters. The van der Waals surface area contributed by atoms with Crippen molar-refractivity contribution in [2.24, 2.45) is 5.92 Å². The van der Waals surface area contributed by atoms with E-state index >= 15 is 0 Å². The zero-order chi connectivity index (χ0) is 19.4. The maximum atomic E-state index is 12.7. The third-order valence-corrected chi connectivity index (χ3v) is 4.90. The van der Waals surface area contributed by atoms with Crippen molar-refractivity contribution in [3.8, 4) is 11.5 Å². The zero-order valence-electron chi connectivity index (χ0n) is 16.2. The Balaban J connectivity index is 1.67. The minimum atomic E-state index is -0.232. The molecule has 1 saturated heterocycles. The first-order chi connectivity index (χ1) is 13.0. The smallest absolute Gasteiger partial charge is 0.310 e. The van der Waals surface area contributed by atoms with Gasteiger partial charge in [0.15, 0.2) is 0 Å². The molecule has 1 atom stereocenters. The highest BCUT2D eigenvalue weighted by atomic mass is 16.5. The molecule has 1 aromatic carbocycles. The molecule has 2 heterocycles. The Hall–Kier alpha value is -2.63. The summed E-state index contributed by atoms with van der Waals surface area (Å²) in [6, 6.07) is 7.92. The molecular formula is C21H26N2O4. The number of esters is 1. The minimum Gasteiger partial charge on any atom is -0.466 e. The number of aryl methyl sites for hydroxylation is 2. The van der Waals surface area contributed by atoms with Gasteiger partial charge in [0.2, 0.25) is 11.8 Å². The molecule has 0 bridgehead atoms. The van der Waals surface area contributed by atoms with E-state index in [9.17, 15) is 9.59 Å². The van der Waals surface area contributed by atoms with Crippen molar-refractivity contribution in [2.45, 2.75) is 40.0 Å². The van der Waals surface area contributed by atoms with Crippen molar-refractivity contribution in [1.29, 1.82) is 0 Å². The molecule has 1 aliphatic rings. The molecule has 27 heavy (non-hydrogen) atoms. The Morgan fingerprint density at radius 3 is 2.70 bits per heavy atom. The number of nitrogens with zero attached hydrogens (tertiary/aromatic N) is 2. The Kier molecular flexibility index (Phi) is 5.94. The molecule has 6 nitrogen and oxygen atoms in total. The zero-order valence-corrected chi connectivity index (χ0v) is 16.2. The predicted molar refractivity (Wildman–Crippen MR) is 101 cm³/mol. The van der Waals surface area contributed by atoms with Gasteiger partial charge in [-0.2, -0.15) is 0 Å². The van der Waals surface area contributed by atoms with Crippen molar-refractivity contribution in [2.75, 3.05) is 19.7 Å². The van der Waals surface area contributed by atoms with Crippen LogP contribution in [0.15, 0.2) is 28.7 Å². The molecule has 0 radical (unpaired) electrons. The summed E-state index contributed by atoms with van der Waals surface area (Å²) in [7, 11) is 0. The summed E-state index contributed by atoms with van der Waals surface area (Å²) in [6.45, 7) is 7.09. The molecule has 144 valence electrons. The van der Waals surface area contributed by atoms with E-state index in [4.69, 9.17) is 9.15 Å². The second kappa shape index (κ2) is 8.37. The lowest BCUT2D eigenvalue weighted by Gasteiger charge is -2.31. The fourth-order valence-corrected chi connectivity index (χ4v) is 3.32. The van der Waals surface area contributed by atoms with Crippen LogP contribution in [-0.4, -0.2) is 41.5 Å². The SMILES string of the molecule is CCOC(=O)C1CCCN(C(=O)Cc2nc(-c3ccc(C)cc3)oc2C)C1. The van der Waals surface area contributed by atoms with Crippen LogP contribution in [0, 0.1) is 19.8 Å². The number of piperidine rings is 1. The van der Waals surface area contributed by atoms with E-state index in [2.05, 4.69) is 4.98 Å². The molecular weight excluding hydrogens is 344 g/mol. The third-order valence-electron chi connectivity index (χ3n) is 4.90. The van der Waals surface area contributed by atoms with Crippen LogP contribution in [0.5, 0.6) is 0 Å². The molecule has 1 fully saturated rings. The summed E-state index contributed by atoms with van der Waals surface area (Å²) in [4.78, 5) is 31.0. The number of rotatable bonds is 5. The van der Waals surface area contributed by atoms with Crippen LogP contribution in [0.1, 0.15) is 36.8 Å². The van der Waals surface area contributed by atoms with Gasteiger partial charge in [0.05, 0.1) is 24.6 Å². The van der Waals surface area contributed by atoms with E-state index in [1.165, 1.54) is 5.56 Å². The summed E-state index contributed by atoms with van der Waals surface area (Å²) >= 11 is 0. The fourth-order valence-electron chi connectivity index (χ4n) is 3.32. The van der Waals surface area contributed by atoms with Crippen LogP contribution < -0.4 is 0 Å². The van der Waals surface area contributed by atoms with Crippen molar-refractivity contribution in [3.63, 3.8) is 0 Å². The first kappa shape index (κ1) is 19.1. The average Bonchev–Trinajstić information content (AvgIpc) is 3.03. The van der Waals surface area contributed by atoms with Crippen LogP contribution in [0.3, 0.4) is 0 Å². The summed E-state index contributed by atoms with van der Waals surface area (Å²) in [5, 5.41) is 0. The van der Waals surface area contributed by atoms with Gasteiger partial charge in [-0.05, 0) is 45.7 Å². The first-order valence-corrected chi connectivity index (χ1v) is 9.45. The lowest BCUT2D eigenvalue weighted by Crippen LogP contribution is -2.43. The third kappa shape index (κ3) is 4.56. The van der Waals surface area contributed by atoms with E-state index in [0.717, 1.165) is 18.4 Å². The van der Waals surface area contributed by atoms with Gasteiger partial charge < -0.3 is 14.1 Å². The van der Waals surface area contributed by atoms with E-state index in [1.807, 2.05) is 38.1 Å². The van der Waals surface area contributed by atoms with Gasteiger partial charge in [-0.1, -0.05) is 17.7 Å². The number of oxazole rings is 1. The summed E-state index contributed by atoms with van der Waals surface area (Å²) in [6.07, 6.45) is 1.75. The van der Waals surface area contributed by atoms with Gasteiger partial charge >= 0.3 is 5.97 Å². The standard InChI is InChI=1S/C21H26N2O4/c1-4-26-21(25)17-6-5-11-23(13-17)19(24)12-18-15(3)27-20(22-18)16-9-7-14(2)8-10-16/h7-10,17H,4-6,11-13H2,1-3H3. The Bertz CT molecular complexity index is 810. The maximum absolute atomic E-state index is 12.7. The van der Waals surface area contributed by atoms with Crippen LogP contribution in [0.2, 0.25) is 0 Å². The first-order valence-electron chi connectivity index (χ1n) is 9.45. The van der Waals surface area contributed by atoms with Crippen molar-refractivity contribution in [1.82, 2.24) is 9.88 Å². The Morgan fingerprint density at radius 1 is 1.26 bits per heavy atom. The van der Waals surface area contributed by atoms with Gasteiger partial charge in [0.1, 0.15) is 5.76 Å². The number of aromatic nitrogens is 1. The second-order valence-electron chi connectivity index (χ2n) is 7.00. The van der Waals surface area contributed by atoms with Crippen LogP contribution >= 0.6 is 0 Å². The van der Waals surface area contributed by atoms with E-state index in [1.54, 1.807) is 11.8 Å². The van der Waals surface area contributed by atoms with Crippen LogP contribution in [0.25, 0.3) is 11.5 Å². The molecule has 1 aromatic heterocycles. The number of carbonyl (C=O) groups excluding carboxylic acids is 2. The van der Waals surface area contributed by atoms with E-state index < -0.39 is 0 Å². The Morgan fingerprint density at radius 2 is 2.00 bits per heavy atom. The largest absolute Gasteiger partial charge is 0.466 e. The number of hydrogen-bond acceptors (Lipinski definition) is 5. The van der Waals surface area contributed by atoms with Crippen LogP contribution in [-0.2, 0) is 20.7 Å². The number of benzene rings is 1. The highest BCUT2D eigenvalue weighted by Crippen LogP contribution is 2.24. The molecule has 0 aliphatic carbocycles. The van der Waals surface area contributed by atoms with Crippen LogP contribution in [0.4, 0.5) is 0 Å². The predicted octanol–water partition coefficient (Wildman–Crippen LogP) is 3.30. The lowest BCUT2D eigenvalue weighted by molar-refractivity contribution is -0.151. The second-order valence-corrected chi connectivity index (χ2v) is 7.00. The number of carbonyl (C=O) groups is 2. The fraction of sp³-hybridized carbons (Fsp3) is 0.476. The molecule has 6 heteroatoms. The Labute approximate surface area is 159 Å². The molecule has 1 amide bonds. The van der Waals surface area contributed by atoms with Crippen molar-refractivity contribution < 1.29 is 18.7 Å². The van der Waals surface area contributed by atoms with E-state index in [0.29, 0.717) is 37.0 Å². The van der Waals surface area contributed by atoms with Gasteiger partial charge in [-0.15, -0.1) is 0 Å². The average molecular weight is 370 g/mol. The molecule has 2 aromatic rings. The van der Waals surface area contributed by atoms with Gasteiger partial charge in [0, 0.05) is 18.7 Å². The monoisotopic (exact) mass is 370 g/mol. The van der Waals surface area contributed by atoms with Gasteiger partial charge in [0.25, 0.3) is 0 Å². The highest BCUT2D eigenvalue weighted by molar-refractivity contribution is 5.80. The van der Waals surface area contributed by atoms with Gasteiger partial charge in [-0.25, -0.2) is 4.98 Å². The van der Waals surface area contributed by atoms with Crippen molar-refractivity contribution in [3.05, 3.63) is 41.3 Å². The molecule has 0 spiro atoms. The molecule has 3 rings (SSSR count). The number of ether oxygens (including phenoxy) is 1. The number of hydrogen-bond donors (Lipinski definition) is 0. The number of likely N-dealkylation sites (tertiary alicyclic amines) is 1. The van der Waals surface area contributed by atoms with Crippen molar-refractivity contribution >= 4 is 11.9 Å². The summed E-state index contributed by atoms with van der Waals surface area (Å²) in [5.41, 5.74) is 2.70. The molecule has 0 N–H and O–H groups in total. The molecule has 1 aliphatic heterocycles. The molecule has 0 saturated carbocycles.